The molecule has 2 aromatic carbocycles. The van der Waals surface area contributed by atoms with Crippen molar-refractivity contribution < 1.29 is 13.9 Å². The highest BCUT2D eigenvalue weighted by Crippen LogP contribution is 2.20. The molecule has 0 spiro atoms. The first-order valence-corrected chi connectivity index (χ1v) is 8.23. The second-order valence-corrected chi connectivity index (χ2v) is 6.22. The van der Waals surface area contributed by atoms with Gasteiger partial charge in [0.1, 0.15) is 11.6 Å². The van der Waals surface area contributed by atoms with Gasteiger partial charge in [0.15, 0.2) is 12.4 Å². The van der Waals surface area contributed by atoms with E-state index >= 15 is 0 Å². The van der Waals surface area contributed by atoms with Crippen LogP contribution in [-0.2, 0) is 6.73 Å². The van der Waals surface area contributed by atoms with E-state index in [0.29, 0.717) is 0 Å². The summed E-state index contributed by atoms with van der Waals surface area (Å²) in [7, 11) is 0. The molecule has 1 amide bonds. The lowest BCUT2D eigenvalue weighted by Crippen LogP contribution is -2.15. The maximum atomic E-state index is 13.8. The van der Waals surface area contributed by atoms with E-state index in [-0.39, 0.29) is 18.1 Å². The Bertz CT molecular complexity index is 950. The van der Waals surface area contributed by atoms with Crippen molar-refractivity contribution in [3.05, 3.63) is 76.9 Å². The minimum Gasteiger partial charge on any atom is -0.471 e. The Hall–Kier alpha value is -3.15. The van der Waals surface area contributed by atoms with Crippen LogP contribution in [0.25, 0.3) is 0 Å². The monoisotopic (exact) mass is 353 g/mol. The Labute approximate surface area is 151 Å². The Kier molecular flexibility index (Phi) is 5.02. The third-order valence-electron chi connectivity index (χ3n) is 3.94. The number of ether oxygens (including phenoxy) is 1. The van der Waals surface area contributed by atoms with Crippen LogP contribution in [0.15, 0.2) is 48.7 Å². The number of rotatable bonds is 5. The van der Waals surface area contributed by atoms with Crippen molar-refractivity contribution in [3.63, 3.8) is 0 Å². The molecule has 0 aliphatic carbocycles. The highest BCUT2D eigenvalue weighted by molar-refractivity contribution is 6.02. The molecule has 3 aromatic rings. The first kappa shape index (κ1) is 17.7. The van der Waals surface area contributed by atoms with E-state index in [0.717, 1.165) is 22.4 Å². The molecule has 6 heteroatoms. The number of halogens is 1. The first-order chi connectivity index (χ1) is 12.4. The highest BCUT2D eigenvalue weighted by Gasteiger charge is 2.13. The van der Waals surface area contributed by atoms with Gasteiger partial charge in [-0.05, 0) is 61.7 Å². The number of anilines is 1. The van der Waals surface area contributed by atoms with Gasteiger partial charge in [-0.2, -0.15) is 5.10 Å². The van der Waals surface area contributed by atoms with Gasteiger partial charge in [-0.15, -0.1) is 0 Å². The Morgan fingerprint density at radius 3 is 2.65 bits per heavy atom. The predicted octanol–water partition coefficient (Wildman–Crippen LogP) is 4.24. The van der Waals surface area contributed by atoms with Crippen molar-refractivity contribution in [2.75, 3.05) is 5.32 Å². The summed E-state index contributed by atoms with van der Waals surface area (Å²) in [5.41, 5.74) is 3.31. The molecule has 0 unspecified atom stereocenters. The van der Waals surface area contributed by atoms with Gasteiger partial charge in [-0.25, -0.2) is 9.07 Å². The number of carbonyl (C=O) groups is 1. The lowest BCUT2D eigenvalue weighted by atomic mass is 10.1. The van der Waals surface area contributed by atoms with Crippen molar-refractivity contribution >= 4 is 11.6 Å². The molecule has 3 rings (SSSR count). The van der Waals surface area contributed by atoms with Crippen molar-refractivity contribution in [1.29, 1.82) is 0 Å². The zero-order chi connectivity index (χ0) is 18.7. The smallest absolute Gasteiger partial charge is 0.276 e. The van der Waals surface area contributed by atoms with Crippen LogP contribution in [0.2, 0.25) is 0 Å². The Morgan fingerprint density at radius 1 is 1.12 bits per heavy atom. The maximum Gasteiger partial charge on any atom is 0.276 e. The molecule has 0 bridgehead atoms. The van der Waals surface area contributed by atoms with Gasteiger partial charge in [0, 0.05) is 6.20 Å². The molecular weight excluding hydrogens is 333 g/mol. The van der Waals surface area contributed by atoms with Crippen LogP contribution in [0.4, 0.5) is 10.1 Å². The summed E-state index contributed by atoms with van der Waals surface area (Å²) in [5, 5.41) is 6.72. The number of hydrogen-bond acceptors (Lipinski definition) is 3. The van der Waals surface area contributed by atoms with Crippen LogP contribution in [-0.4, -0.2) is 15.7 Å². The molecule has 0 aliphatic rings. The molecule has 26 heavy (non-hydrogen) atoms. The van der Waals surface area contributed by atoms with Gasteiger partial charge < -0.3 is 10.1 Å². The summed E-state index contributed by atoms with van der Waals surface area (Å²) in [5.74, 6) is -0.185. The summed E-state index contributed by atoms with van der Waals surface area (Å²) < 4.78 is 21.0. The van der Waals surface area contributed by atoms with E-state index < -0.39 is 11.7 Å². The molecule has 0 fully saturated rings. The van der Waals surface area contributed by atoms with Crippen molar-refractivity contribution in [2.24, 2.45) is 0 Å². The van der Waals surface area contributed by atoms with E-state index in [2.05, 4.69) is 10.4 Å². The SMILES string of the molecule is Cc1ccc(F)c(NC(=O)c2ccn(COc3cc(C)ccc3C)n2)c1. The fourth-order valence-electron chi connectivity index (χ4n) is 2.47. The Balaban J connectivity index is 1.66. The maximum absolute atomic E-state index is 13.8. The minimum absolute atomic E-state index is 0.135. The molecule has 0 saturated carbocycles. The third-order valence-corrected chi connectivity index (χ3v) is 3.94. The van der Waals surface area contributed by atoms with E-state index in [9.17, 15) is 9.18 Å². The average molecular weight is 353 g/mol. The van der Waals surface area contributed by atoms with Crippen molar-refractivity contribution in [2.45, 2.75) is 27.5 Å². The summed E-state index contributed by atoms with van der Waals surface area (Å²) in [4.78, 5) is 12.3. The number of carbonyl (C=O) groups excluding carboxylic acids is 1. The number of amides is 1. The lowest BCUT2D eigenvalue weighted by molar-refractivity contribution is 0.101. The number of hydrogen-bond donors (Lipinski definition) is 1. The molecule has 0 radical (unpaired) electrons. The third kappa shape index (κ3) is 4.08. The van der Waals surface area contributed by atoms with Crippen LogP contribution in [0.5, 0.6) is 5.75 Å². The highest BCUT2D eigenvalue weighted by atomic mass is 19.1. The van der Waals surface area contributed by atoms with Gasteiger partial charge in [-0.1, -0.05) is 18.2 Å². The van der Waals surface area contributed by atoms with E-state index in [4.69, 9.17) is 4.74 Å². The van der Waals surface area contributed by atoms with Gasteiger partial charge >= 0.3 is 0 Å². The molecular formula is C20H20FN3O2. The van der Waals surface area contributed by atoms with E-state index in [1.54, 1.807) is 24.4 Å². The van der Waals surface area contributed by atoms with Crippen molar-refractivity contribution in [1.82, 2.24) is 9.78 Å². The van der Waals surface area contributed by atoms with Crippen LogP contribution in [0, 0.1) is 26.6 Å². The van der Waals surface area contributed by atoms with Gasteiger partial charge in [0.25, 0.3) is 5.91 Å². The van der Waals surface area contributed by atoms with Gasteiger partial charge in [0.05, 0.1) is 5.69 Å². The first-order valence-electron chi connectivity index (χ1n) is 8.23. The summed E-state index contributed by atoms with van der Waals surface area (Å²) in [6.45, 7) is 5.96. The standard InChI is InChI=1S/C20H20FN3O2/c1-13-5-7-16(21)18(10-13)22-20(25)17-8-9-24(23-17)12-26-19-11-14(2)4-6-15(19)3/h4-11H,12H2,1-3H3,(H,22,25). The number of nitrogens with one attached hydrogen (secondary N) is 1. The summed E-state index contributed by atoms with van der Waals surface area (Å²) >= 11 is 0. The number of nitrogens with zero attached hydrogens (tertiary/aromatic N) is 2. The Morgan fingerprint density at radius 2 is 1.85 bits per heavy atom. The quantitative estimate of drug-likeness (QED) is 0.746. The molecule has 5 nitrogen and oxygen atoms in total. The fraction of sp³-hybridized carbons (Fsp3) is 0.200. The molecule has 1 heterocycles. The lowest BCUT2D eigenvalue weighted by Gasteiger charge is -2.10. The van der Waals surface area contributed by atoms with Crippen molar-refractivity contribution in [3.8, 4) is 5.75 Å². The predicted molar refractivity (Wildman–Crippen MR) is 97.9 cm³/mol. The molecule has 134 valence electrons. The topological polar surface area (TPSA) is 56.2 Å². The van der Waals surface area contributed by atoms with Crippen LogP contribution < -0.4 is 10.1 Å². The second-order valence-electron chi connectivity index (χ2n) is 6.22. The van der Waals surface area contributed by atoms with E-state index in [1.807, 2.05) is 39.0 Å². The minimum atomic E-state index is -0.485. The van der Waals surface area contributed by atoms with Gasteiger partial charge in [-0.3, -0.25) is 4.79 Å². The number of aromatic nitrogens is 2. The zero-order valence-corrected chi connectivity index (χ0v) is 14.9. The number of aryl methyl sites for hydroxylation is 3. The number of benzene rings is 2. The molecule has 0 aliphatic heterocycles. The summed E-state index contributed by atoms with van der Waals surface area (Å²) in [6, 6.07) is 12.1. The second kappa shape index (κ2) is 7.39. The molecule has 1 N–H and O–H groups in total. The van der Waals surface area contributed by atoms with Crippen LogP contribution in [0.1, 0.15) is 27.2 Å². The molecule has 0 saturated heterocycles. The summed E-state index contributed by atoms with van der Waals surface area (Å²) in [6.07, 6.45) is 1.65. The fourth-order valence-corrected chi connectivity index (χ4v) is 2.47. The van der Waals surface area contributed by atoms with Crippen LogP contribution in [0.3, 0.4) is 0 Å². The van der Waals surface area contributed by atoms with Crippen LogP contribution >= 0.6 is 0 Å². The molecule has 1 aromatic heterocycles. The molecule has 0 atom stereocenters. The largest absolute Gasteiger partial charge is 0.471 e. The average Bonchev–Trinajstić information content (AvgIpc) is 3.08. The zero-order valence-electron chi connectivity index (χ0n) is 14.9. The van der Waals surface area contributed by atoms with E-state index in [1.165, 1.54) is 10.7 Å². The van der Waals surface area contributed by atoms with Gasteiger partial charge in [0.2, 0.25) is 0 Å². The normalized spacial score (nSPS) is 10.6.